The molecule has 0 aliphatic heterocycles. The average molecular weight is 329 g/mol. The van der Waals surface area contributed by atoms with Gasteiger partial charge in [-0.2, -0.15) is 18.2 Å². The molecule has 1 unspecified atom stereocenters. The molecule has 0 saturated carbocycles. The number of alkyl halides is 3. The van der Waals surface area contributed by atoms with Crippen LogP contribution < -0.4 is 0 Å². The van der Waals surface area contributed by atoms with E-state index in [0.717, 1.165) is 6.07 Å². The predicted molar refractivity (Wildman–Crippen MR) is 76.3 cm³/mol. The molecule has 0 spiro atoms. The van der Waals surface area contributed by atoms with Gasteiger partial charge in [-0.15, -0.1) is 0 Å². The van der Waals surface area contributed by atoms with Crippen LogP contribution in [0.3, 0.4) is 0 Å². The Balaban J connectivity index is 2.06. The van der Waals surface area contributed by atoms with Gasteiger partial charge in [-0.3, -0.25) is 4.90 Å². The van der Waals surface area contributed by atoms with Crippen molar-refractivity contribution in [2.75, 3.05) is 14.2 Å². The molecular formula is C15H18F3N3O2. The van der Waals surface area contributed by atoms with Crippen LogP contribution in [0, 0.1) is 0 Å². The summed E-state index contributed by atoms with van der Waals surface area (Å²) in [6, 6.07) is 5.51. The topological polar surface area (TPSA) is 51.4 Å². The van der Waals surface area contributed by atoms with Crippen molar-refractivity contribution < 1.29 is 22.4 Å². The van der Waals surface area contributed by atoms with E-state index >= 15 is 0 Å². The van der Waals surface area contributed by atoms with Gasteiger partial charge in [0.25, 0.3) is 0 Å². The van der Waals surface area contributed by atoms with Crippen LogP contribution in [0.25, 0.3) is 0 Å². The van der Waals surface area contributed by atoms with Crippen molar-refractivity contribution in [2.24, 2.45) is 0 Å². The smallest absolute Gasteiger partial charge is 0.374 e. The van der Waals surface area contributed by atoms with Crippen molar-refractivity contribution in [1.82, 2.24) is 15.0 Å². The van der Waals surface area contributed by atoms with Crippen LogP contribution in [0.5, 0.6) is 0 Å². The van der Waals surface area contributed by atoms with Crippen LogP contribution in [0.4, 0.5) is 13.2 Å². The zero-order valence-corrected chi connectivity index (χ0v) is 13.1. The number of benzene rings is 1. The molecule has 2 aromatic rings. The maximum Gasteiger partial charge on any atom is 0.416 e. The zero-order valence-electron chi connectivity index (χ0n) is 13.1. The van der Waals surface area contributed by atoms with Gasteiger partial charge in [0.15, 0.2) is 5.82 Å². The van der Waals surface area contributed by atoms with Gasteiger partial charge in [0.05, 0.1) is 12.1 Å². The lowest BCUT2D eigenvalue weighted by Gasteiger charge is -2.18. The number of halogens is 3. The third kappa shape index (κ3) is 4.52. The highest BCUT2D eigenvalue weighted by Crippen LogP contribution is 2.32. The summed E-state index contributed by atoms with van der Waals surface area (Å²) in [5.74, 6) is 0.738. The van der Waals surface area contributed by atoms with E-state index in [-0.39, 0.29) is 24.8 Å². The standard InChI is InChI=1S/C15H18F3N3O2/c1-10(22-3)14-19-13(23-20-14)9-21(2)8-11-6-4-5-7-12(11)15(16,17)18/h4-7,10H,8-9H2,1-3H3. The summed E-state index contributed by atoms with van der Waals surface area (Å²) in [5.41, 5.74) is -0.432. The van der Waals surface area contributed by atoms with Crippen LogP contribution in [-0.4, -0.2) is 29.2 Å². The van der Waals surface area contributed by atoms with Gasteiger partial charge in [0, 0.05) is 13.7 Å². The maximum atomic E-state index is 13.0. The molecule has 0 saturated heterocycles. The Bertz CT molecular complexity index is 643. The van der Waals surface area contributed by atoms with E-state index < -0.39 is 11.7 Å². The first kappa shape index (κ1) is 17.4. The number of nitrogens with zero attached hydrogens (tertiary/aromatic N) is 3. The summed E-state index contributed by atoms with van der Waals surface area (Å²) >= 11 is 0. The van der Waals surface area contributed by atoms with Crippen molar-refractivity contribution in [3.8, 4) is 0 Å². The molecule has 5 nitrogen and oxygen atoms in total. The average Bonchev–Trinajstić information content (AvgIpc) is 2.94. The summed E-state index contributed by atoms with van der Waals surface area (Å²) in [5, 5.41) is 3.79. The Kier molecular flexibility index (Phi) is 5.38. The molecule has 0 aliphatic carbocycles. The van der Waals surface area contributed by atoms with Gasteiger partial charge >= 0.3 is 6.18 Å². The van der Waals surface area contributed by atoms with E-state index in [0.29, 0.717) is 11.7 Å². The number of ether oxygens (including phenoxy) is 1. The Labute approximate surface area is 132 Å². The van der Waals surface area contributed by atoms with Gasteiger partial charge in [-0.25, -0.2) is 0 Å². The fourth-order valence-corrected chi connectivity index (χ4v) is 2.12. The Morgan fingerprint density at radius 2 is 1.96 bits per heavy atom. The van der Waals surface area contributed by atoms with Crippen molar-refractivity contribution in [1.29, 1.82) is 0 Å². The Morgan fingerprint density at radius 1 is 1.26 bits per heavy atom. The van der Waals surface area contributed by atoms with Crippen LogP contribution in [0.15, 0.2) is 28.8 Å². The quantitative estimate of drug-likeness (QED) is 0.813. The fraction of sp³-hybridized carbons (Fsp3) is 0.467. The molecule has 1 heterocycles. The van der Waals surface area contributed by atoms with E-state index in [9.17, 15) is 13.2 Å². The van der Waals surface area contributed by atoms with Gasteiger partial charge < -0.3 is 9.26 Å². The molecule has 0 bridgehead atoms. The van der Waals surface area contributed by atoms with Crippen molar-refractivity contribution in [3.63, 3.8) is 0 Å². The van der Waals surface area contributed by atoms with Crippen LogP contribution >= 0.6 is 0 Å². The number of hydrogen-bond acceptors (Lipinski definition) is 5. The second kappa shape index (κ2) is 7.10. The summed E-state index contributed by atoms with van der Waals surface area (Å²) in [7, 11) is 3.22. The molecule has 0 fully saturated rings. The molecule has 0 aliphatic rings. The number of methoxy groups -OCH3 is 1. The Morgan fingerprint density at radius 3 is 2.61 bits per heavy atom. The van der Waals surface area contributed by atoms with Gasteiger partial charge in [-0.05, 0) is 25.6 Å². The molecule has 8 heteroatoms. The molecule has 1 aromatic heterocycles. The molecule has 0 amide bonds. The summed E-state index contributed by atoms with van der Waals surface area (Å²) < 4.78 is 49.1. The highest BCUT2D eigenvalue weighted by atomic mass is 19.4. The second-order valence-corrected chi connectivity index (χ2v) is 5.25. The van der Waals surface area contributed by atoms with E-state index in [1.807, 2.05) is 0 Å². The number of rotatable bonds is 6. The first-order valence-electron chi connectivity index (χ1n) is 7.00. The predicted octanol–water partition coefficient (Wildman–Crippen LogP) is 3.43. The normalized spacial score (nSPS) is 13.5. The minimum atomic E-state index is -4.37. The van der Waals surface area contributed by atoms with Crippen LogP contribution in [-0.2, 0) is 24.0 Å². The summed E-state index contributed by atoms with van der Waals surface area (Å²) in [6.07, 6.45) is -4.67. The monoisotopic (exact) mass is 329 g/mol. The molecule has 23 heavy (non-hydrogen) atoms. The van der Waals surface area contributed by atoms with Gasteiger partial charge in [0.1, 0.15) is 6.10 Å². The van der Waals surface area contributed by atoms with E-state index in [1.165, 1.54) is 19.2 Å². The second-order valence-electron chi connectivity index (χ2n) is 5.25. The third-order valence-corrected chi connectivity index (χ3v) is 3.37. The third-order valence-electron chi connectivity index (χ3n) is 3.37. The highest BCUT2D eigenvalue weighted by Gasteiger charge is 2.33. The van der Waals surface area contributed by atoms with Gasteiger partial charge in [0.2, 0.25) is 5.89 Å². The van der Waals surface area contributed by atoms with E-state index in [4.69, 9.17) is 9.26 Å². The van der Waals surface area contributed by atoms with Crippen molar-refractivity contribution >= 4 is 0 Å². The number of hydrogen-bond donors (Lipinski definition) is 0. The minimum absolute atomic E-state index is 0.118. The van der Waals surface area contributed by atoms with Crippen molar-refractivity contribution in [3.05, 3.63) is 47.1 Å². The highest BCUT2D eigenvalue weighted by molar-refractivity contribution is 5.29. The lowest BCUT2D eigenvalue weighted by atomic mass is 10.1. The lowest BCUT2D eigenvalue weighted by molar-refractivity contribution is -0.138. The lowest BCUT2D eigenvalue weighted by Crippen LogP contribution is -2.20. The Hall–Kier alpha value is -1.93. The van der Waals surface area contributed by atoms with Gasteiger partial charge in [-0.1, -0.05) is 23.4 Å². The molecule has 126 valence electrons. The van der Waals surface area contributed by atoms with E-state index in [1.54, 1.807) is 24.9 Å². The first-order chi connectivity index (χ1) is 10.8. The largest absolute Gasteiger partial charge is 0.416 e. The summed E-state index contributed by atoms with van der Waals surface area (Å²) in [4.78, 5) is 5.85. The van der Waals surface area contributed by atoms with Crippen LogP contribution in [0.1, 0.15) is 35.9 Å². The molecular weight excluding hydrogens is 311 g/mol. The first-order valence-corrected chi connectivity index (χ1v) is 7.00. The van der Waals surface area contributed by atoms with E-state index in [2.05, 4.69) is 10.1 Å². The molecule has 0 radical (unpaired) electrons. The molecule has 1 aromatic carbocycles. The summed E-state index contributed by atoms with van der Waals surface area (Å²) in [6.45, 7) is 2.14. The molecule has 2 rings (SSSR count). The SMILES string of the molecule is COC(C)c1noc(CN(C)Cc2ccccc2C(F)(F)F)n1. The van der Waals surface area contributed by atoms with Crippen LogP contribution in [0.2, 0.25) is 0 Å². The molecule has 1 atom stereocenters. The number of aromatic nitrogens is 2. The minimum Gasteiger partial charge on any atom is -0.374 e. The maximum absolute atomic E-state index is 13.0. The zero-order chi connectivity index (χ0) is 17.0. The fourth-order valence-electron chi connectivity index (χ4n) is 2.12. The van der Waals surface area contributed by atoms with Crippen molar-refractivity contribution in [2.45, 2.75) is 32.3 Å². The molecule has 0 N–H and O–H groups in total.